The predicted molar refractivity (Wildman–Crippen MR) is 89.9 cm³/mol. The van der Waals surface area contributed by atoms with Crippen LogP contribution in [0.1, 0.15) is 78.1 Å². The first kappa shape index (κ1) is 17.2. The van der Waals surface area contributed by atoms with Gasteiger partial charge in [0.25, 0.3) is 0 Å². The molecule has 0 aromatic heterocycles. The Balaban J connectivity index is 1.72. The fourth-order valence-corrected chi connectivity index (χ4v) is 6.34. The molecule has 114 valence electrons. The van der Waals surface area contributed by atoms with E-state index in [1.54, 1.807) is 17.7 Å². The molecular formula is C20H30Zr. The van der Waals surface area contributed by atoms with E-state index in [4.69, 9.17) is 0 Å². The van der Waals surface area contributed by atoms with Crippen molar-refractivity contribution in [2.24, 2.45) is 0 Å². The first-order valence-corrected chi connectivity index (χ1v) is 11.3. The quantitative estimate of drug-likeness (QED) is 0.382. The molecule has 0 radical (unpaired) electrons. The van der Waals surface area contributed by atoms with Gasteiger partial charge >= 0.3 is 143 Å². The van der Waals surface area contributed by atoms with Crippen molar-refractivity contribution in [1.29, 1.82) is 0 Å². The SMILES string of the molecule is CCCCCC1=CC[C]([Zr][C]2=CC(CCCCC)=CC2)=C1. The summed E-state index contributed by atoms with van der Waals surface area (Å²) in [7, 11) is 0. The summed E-state index contributed by atoms with van der Waals surface area (Å²) in [5.41, 5.74) is 3.27. The van der Waals surface area contributed by atoms with Gasteiger partial charge in [0.1, 0.15) is 0 Å². The Hall–Kier alpha value is -0.157. The molecule has 2 aliphatic rings. The summed E-state index contributed by atoms with van der Waals surface area (Å²) in [5, 5.41) is 0. The van der Waals surface area contributed by atoms with Gasteiger partial charge in [-0.05, 0) is 0 Å². The Morgan fingerprint density at radius 2 is 1.24 bits per heavy atom. The van der Waals surface area contributed by atoms with Crippen molar-refractivity contribution in [2.75, 3.05) is 0 Å². The number of unbranched alkanes of at least 4 members (excludes halogenated alkanes) is 4. The van der Waals surface area contributed by atoms with Crippen LogP contribution in [0.4, 0.5) is 0 Å². The van der Waals surface area contributed by atoms with Gasteiger partial charge in [0.05, 0.1) is 0 Å². The molecule has 1 heteroatoms. The minimum atomic E-state index is -0.440. The normalized spacial score (nSPS) is 17.4. The molecule has 0 saturated carbocycles. The fourth-order valence-electron chi connectivity index (χ4n) is 3.05. The molecule has 0 unspecified atom stereocenters. The molecule has 2 rings (SSSR count). The van der Waals surface area contributed by atoms with Gasteiger partial charge in [-0.15, -0.1) is 0 Å². The Morgan fingerprint density at radius 3 is 1.67 bits per heavy atom. The molecule has 0 spiro atoms. The minimum absolute atomic E-state index is 0.440. The summed E-state index contributed by atoms with van der Waals surface area (Å²) in [4.78, 5) is 0. The van der Waals surface area contributed by atoms with Crippen molar-refractivity contribution in [2.45, 2.75) is 78.1 Å². The van der Waals surface area contributed by atoms with Crippen LogP contribution in [0.15, 0.2) is 42.0 Å². The van der Waals surface area contributed by atoms with E-state index in [1.807, 2.05) is 0 Å². The van der Waals surface area contributed by atoms with Crippen molar-refractivity contribution in [1.82, 2.24) is 0 Å². The van der Waals surface area contributed by atoms with Crippen LogP contribution in [-0.4, -0.2) is 0 Å². The van der Waals surface area contributed by atoms with E-state index < -0.39 is 23.2 Å². The fraction of sp³-hybridized carbons (Fsp3) is 0.600. The third kappa shape index (κ3) is 6.23. The third-order valence-electron chi connectivity index (χ3n) is 4.35. The topological polar surface area (TPSA) is 0 Å². The summed E-state index contributed by atoms with van der Waals surface area (Å²) in [6, 6.07) is 0. The van der Waals surface area contributed by atoms with Crippen LogP contribution in [0.3, 0.4) is 0 Å². The predicted octanol–water partition coefficient (Wildman–Crippen LogP) is 6.66. The van der Waals surface area contributed by atoms with Crippen LogP contribution in [0.5, 0.6) is 0 Å². The van der Waals surface area contributed by atoms with E-state index in [9.17, 15) is 0 Å². The first-order chi connectivity index (χ1) is 10.3. The second-order valence-corrected chi connectivity index (χ2v) is 10.1. The van der Waals surface area contributed by atoms with Crippen LogP contribution in [0, 0.1) is 0 Å². The Labute approximate surface area is 143 Å². The van der Waals surface area contributed by atoms with Gasteiger partial charge in [-0.3, -0.25) is 0 Å². The number of allylic oxidation sites excluding steroid dienone is 8. The summed E-state index contributed by atoms with van der Waals surface area (Å²) in [6.07, 6.45) is 23.5. The third-order valence-corrected chi connectivity index (χ3v) is 7.64. The van der Waals surface area contributed by atoms with E-state index in [0.29, 0.717) is 0 Å². The Morgan fingerprint density at radius 1 is 0.762 bits per heavy atom. The molecule has 2 aliphatic carbocycles. The van der Waals surface area contributed by atoms with E-state index in [-0.39, 0.29) is 0 Å². The van der Waals surface area contributed by atoms with E-state index >= 15 is 0 Å². The molecule has 0 saturated heterocycles. The molecule has 0 N–H and O–H groups in total. The van der Waals surface area contributed by atoms with Crippen molar-refractivity contribution >= 4 is 0 Å². The summed E-state index contributed by atoms with van der Waals surface area (Å²) in [6.45, 7) is 4.58. The monoisotopic (exact) mass is 360 g/mol. The van der Waals surface area contributed by atoms with E-state index in [2.05, 4.69) is 38.2 Å². The zero-order chi connectivity index (χ0) is 14.9. The van der Waals surface area contributed by atoms with Gasteiger partial charge in [-0.2, -0.15) is 0 Å². The van der Waals surface area contributed by atoms with Gasteiger partial charge in [0, 0.05) is 0 Å². The summed E-state index contributed by atoms with van der Waals surface area (Å²) in [5.74, 6) is 0. The second kappa shape index (κ2) is 9.78. The maximum atomic E-state index is 2.55. The van der Waals surface area contributed by atoms with E-state index in [1.165, 1.54) is 64.2 Å². The molecule has 0 amide bonds. The average Bonchev–Trinajstić information content (AvgIpc) is 3.10. The van der Waals surface area contributed by atoms with Crippen molar-refractivity contribution in [3.05, 3.63) is 42.0 Å². The Kier molecular flexibility index (Phi) is 8.01. The van der Waals surface area contributed by atoms with Gasteiger partial charge in [0.15, 0.2) is 0 Å². The van der Waals surface area contributed by atoms with Gasteiger partial charge < -0.3 is 0 Å². The molecule has 0 fully saturated rings. The van der Waals surface area contributed by atoms with Crippen molar-refractivity contribution in [3.63, 3.8) is 0 Å². The average molecular weight is 362 g/mol. The van der Waals surface area contributed by atoms with E-state index in [0.717, 1.165) is 0 Å². The second-order valence-electron chi connectivity index (χ2n) is 6.34. The van der Waals surface area contributed by atoms with Crippen LogP contribution in [-0.2, 0) is 23.2 Å². The molecule has 0 nitrogen and oxygen atoms in total. The van der Waals surface area contributed by atoms with Crippen molar-refractivity contribution < 1.29 is 23.2 Å². The first-order valence-electron chi connectivity index (χ1n) is 8.88. The van der Waals surface area contributed by atoms with Gasteiger partial charge in [-0.25, -0.2) is 0 Å². The molecule has 0 atom stereocenters. The van der Waals surface area contributed by atoms with Crippen LogP contribution >= 0.6 is 0 Å². The summed E-state index contributed by atoms with van der Waals surface area (Å²) < 4.78 is 3.61. The maximum absolute atomic E-state index is 2.55. The number of hydrogen-bond acceptors (Lipinski definition) is 0. The van der Waals surface area contributed by atoms with Crippen LogP contribution < -0.4 is 0 Å². The molecule has 0 aromatic rings. The molecule has 21 heavy (non-hydrogen) atoms. The van der Waals surface area contributed by atoms with Gasteiger partial charge in [-0.1, -0.05) is 0 Å². The number of rotatable bonds is 10. The zero-order valence-electron chi connectivity index (χ0n) is 13.9. The standard InChI is InChI=1S/2C10H15.Zr/c2*1-2-3-4-7-10-8-5-6-9-10;/h2*8-9H,2-5,7H2,1H3;. The molecular weight excluding hydrogens is 331 g/mol. The molecule has 0 aromatic carbocycles. The van der Waals surface area contributed by atoms with Crippen LogP contribution in [0.25, 0.3) is 0 Å². The number of hydrogen-bond donors (Lipinski definition) is 0. The molecule has 0 heterocycles. The van der Waals surface area contributed by atoms with Crippen molar-refractivity contribution in [3.8, 4) is 0 Å². The molecule has 0 bridgehead atoms. The Bertz CT molecular complexity index is 406. The summed E-state index contributed by atoms with van der Waals surface area (Å²) >= 11 is -0.440. The van der Waals surface area contributed by atoms with Gasteiger partial charge in [0.2, 0.25) is 0 Å². The van der Waals surface area contributed by atoms with Crippen LogP contribution in [0.2, 0.25) is 0 Å². The zero-order valence-corrected chi connectivity index (χ0v) is 16.3. The molecule has 0 aliphatic heterocycles.